The van der Waals surface area contributed by atoms with Gasteiger partial charge in [-0.15, -0.1) is 0 Å². The molecule has 0 aliphatic rings. The van der Waals surface area contributed by atoms with Crippen molar-refractivity contribution < 1.29 is 9.66 Å². The fraction of sp³-hybridized carbons (Fsp3) is 0.167. The van der Waals surface area contributed by atoms with Gasteiger partial charge in [-0.05, 0) is 35.7 Å². The highest BCUT2D eigenvalue weighted by atomic mass is 16.6. The molecule has 29 heavy (non-hydrogen) atoms. The molecule has 2 aromatic heterocycles. The van der Waals surface area contributed by atoms with Crippen LogP contribution >= 0.6 is 0 Å². The maximum atomic E-state index is 11.4. The Balaban J connectivity index is 1.71. The first kappa shape index (κ1) is 18.7. The van der Waals surface area contributed by atoms with Crippen LogP contribution in [0.25, 0.3) is 5.52 Å². The minimum atomic E-state index is -0.314. The first-order valence-electron chi connectivity index (χ1n) is 9.68. The van der Waals surface area contributed by atoms with E-state index in [1.165, 1.54) is 5.56 Å². The van der Waals surface area contributed by atoms with Crippen LogP contribution in [0.3, 0.4) is 0 Å². The third-order valence-corrected chi connectivity index (χ3v) is 5.13. The van der Waals surface area contributed by atoms with Crippen molar-refractivity contribution >= 4 is 11.2 Å². The highest BCUT2D eigenvalue weighted by Gasteiger charge is 2.18. The molecule has 0 saturated heterocycles. The zero-order valence-corrected chi connectivity index (χ0v) is 16.2. The number of nitro groups is 1. The normalized spacial score (nSPS) is 10.9. The lowest BCUT2D eigenvalue weighted by molar-refractivity contribution is -0.385. The van der Waals surface area contributed by atoms with E-state index < -0.39 is 0 Å². The number of aromatic nitrogens is 1. The van der Waals surface area contributed by atoms with Crippen molar-refractivity contribution in [2.24, 2.45) is 0 Å². The molecule has 0 unspecified atom stereocenters. The van der Waals surface area contributed by atoms with E-state index in [1.807, 2.05) is 60.8 Å². The first-order chi connectivity index (χ1) is 14.2. The summed E-state index contributed by atoms with van der Waals surface area (Å²) in [5.41, 5.74) is 5.18. The van der Waals surface area contributed by atoms with Crippen LogP contribution in [0.5, 0.6) is 5.75 Å². The SMILES string of the molecule is CCc1cc2c(OCc3ccccc3)cccn2c1Cc1ccccc1[N+](=O)[O-]. The fourth-order valence-corrected chi connectivity index (χ4v) is 3.66. The Morgan fingerprint density at radius 3 is 2.48 bits per heavy atom. The van der Waals surface area contributed by atoms with Crippen LogP contribution in [-0.4, -0.2) is 9.32 Å². The third kappa shape index (κ3) is 3.85. The van der Waals surface area contributed by atoms with Crippen LogP contribution in [0.2, 0.25) is 0 Å². The molecule has 0 aliphatic carbocycles. The molecule has 0 radical (unpaired) electrons. The molecule has 0 fully saturated rings. The lowest BCUT2D eigenvalue weighted by atomic mass is 10.0. The van der Waals surface area contributed by atoms with Gasteiger partial charge in [-0.1, -0.05) is 55.5 Å². The Hall–Kier alpha value is -3.60. The van der Waals surface area contributed by atoms with E-state index in [0.717, 1.165) is 28.9 Å². The second-order valence-electron chi connectivity index (χ2n) is 6.93. The second-order valence-corrected chi connectivity index (χ2v) is 6.93. The molecule has 4 rings (SSSR count). The van der Waals surface area contributed by atoms with Crippen molar-refractivity contribution in [2.75, 3.05) is 0 Å². The number of pyridine rings is 1. The summed E-state index contributed by atoms with van der Waals surface area (Å²) in [6, 6.07) is 23.0. The van der Waals surface area contributed by atoms with Crippen LogP contribution in [0.4, 0.5) is 5.69 Å². The van der Waals surface area contributed by atoms with Gasteiger partial charge in [0.15, 0.2) is 0 Å². The van der Waals surface area contributed by atoms with E-state index in [1.54, 1.807) is 12.1 Å². The van der Waals surface area contributed by atoms with Crippen LogP contribution < -0.4 is 4.74 Å². The number of hydrogen-bond acceptors (Lipinski definition) is 3. The molecule has 0 saturated carbocycles. The smallest absolute Gasteiger partial charge is 0.272 e. The number of nitrogens with zero attached hydrogens (tertiary/aromatic N) is 2. The van der Waals surface area contributed by atoms with Gasteiger partial charge in [0, 0.05) is 29.9 Å². The van der Waals surface area contributed by atoms with Crippen molar-refractivity contribution in [3.05, 3.63) is 111 Å². The topological polar surface area (TPSA) is 56.8 Å². The molecule has 2 aromatic carbocycles. The van der Waals surface area contributed by atoms with Crippen LogP contribution in [0.15, 0.2) is 79.0 Å². The zero-order valence-electron chi connectivity index (χ0n) is 16.2. The molecule has 2 heterocycles. The molecule has 0 aliphatic heterocycles. The molecule has 5 heteroatoms. The Labute approximate surface area is 169 Å². The maximum absolute atomic E-state index is 11.4. The average molecular weight is 386 g/mol. The first-order valence-corrected chi connectivity index (χ1v) is 9.68. The number of para-hydroxylation sites is 1. The van der Waals surface area contributed by atoms with Crippen molar-refractivity contribution in [1.82, 2.24) is 4.40 Å². The van der Waals surface area contributed by atoms with E-state index in [2.05, 4.69) is 17.4 Å². The van der Waals surface area contributed by atoms with Crippen LogP contribution in [0, 0.1) is 10.1 Å². The molecule has 0 atom stereocenters. The van der Waals surface area contributed by atoms with Gasteiger partial charge in [-0.25, -0.2) is 0 Å². The number of nitro benzene ring substituents is 1. The quantitative estimate of drug-likeness (QED) is 0.308. The number of hydrogen-bond donors (Lipinski definition) is 0. The zero-order chi connectivity index (χ0) is 20.2. The molecule has 0 N–H and O–H groups in total. The summed E-state index contributed by atoms with van der Waals surface area (Å²) in [6.07, 6.45) is 3.33. The van der Waals surface area contributed by atoms with Gasteiger partial charge in [-0.3, -0.25) is 10.1 Å². The van der Waals surface area contributed by atoms with E-state index >= 15 is 0 Å². The molecule has 0 spiro atoms. The molecule has 146 valence electrons. The summed E-state index contributed by atoms with van der Waals surface area (Å²) in [6.45, 7) is 2.59. The van der Waals surface area contributed by atoms with Crippen molar-refractivity contribution in [2.45, 2.75) is 26.4 Å². The summed E-state index contributed by atoms with van der Waals surface area (Å²) in [4.78, 5) is 11.1. The Morgan fingerprint density at radius 2 is 1.72 bits per heavy atom. The summed E-state index contributed by atoms with van der Waals surface area (Å²) >= 11 is 0. The van der Waals surface area contributed by atoms with Crippen molar-refractivity contribution in [1.29, 1.82) is 0 Å². The Kier molecular flexibility index (Phi) is 5.29. The number of benzene rings is 2. The van der Waals surface area contributed by atoms with E-state index in [0.29, 0.717) is 18.6 Å². The van der Waals surface area contributed by atoms with Gasteiger partial charge in [0.05, 0.1) is 10.4 Å². The lowest BCUT2D eigenvalue weighted by Gasteiger charge is -2.10. The number of aryl methyl sites for hydroxylation is 1. The number of ether oxygens (including phenoxy) is 1. The Bertz CT molecular complexity index is 1150. The van der Waals surface area contributed by atoms with E-state index in [9.17, 15) is 10.1 Å². The highest BCUT2D eigenvalue weighted by molar-refractivity contribution is 5.64. The summed E-state index contributed by atoms with van der Waals surface area (Å²) in [5.74, 6) is 0.805. The predicted molar refractivity (Wildman–Crippen MR) is 113 cm³/mol. The molecule has 4 aromatic rings. The van der Waals surface area contributed by atoms with Gasteiger partial charge in [-0.2, -0.15) is 0 Å². The molecular formula is C24H22N2O3. The van der Waals surface area contributed by atoms with Gasteiger partial charge in [0.1, 0.15) is 12.4 Å². The third-order valence-electron chi connectivity index (χ3n) is 5.13. The van der Waals surface area contributed by atoms with Gasteiger partial charge >= 0.3 is 0 Å². The number of rotatable bonds is 7. The minimum Gasteiger partial charge on any atom is -0.487 e. The Morgan fingerprint density at radius 1 is 0.966 bits per heavy atom. The largest absolute Gasteiger partial charge is 0.487 e. The maximum Gasteiger partial charge on any atom is 0.272 e. The predicted octanol–water partition coefficient (Wildman–Crippen LogP) is 5.58. The van der Waals surface area contributed by atoms with Gasteiger partial charge in [0.2, 0.25) is 0 Å². The van der Waals surface area contributed by atoms with Crippen LogP contribution in [-0.2, 0) is 19.4 Å². The average Bonchev–Trinajstić information content (AvgIpc) is 3.11. The van der Waals surface area contributed by atoms with Gasteiger partial charge in [0.25, 0.3) is 5.69 Å². The van der Waals surface area contributed by atoms with E-state index in [4.69, 9.17) is 4.74 Å². The molecule has 0 amide bonds. The summed E-state index contributed by atoms with van der Waals surface area (Å²) in [5, 5.41) is 11.4. The van der Waals surface area contributed by atoms with Crippen LogP contribution in [0.1, 0.15) is 29.3 Å². The highest BCUT2D eigenvalue weighted by Crippen LogP contribution is 2.30. The lowest BCUT2D eigenvalue weighted by Crippen LogP contribution is -2.02. The summed E-state index contributed by atoms with van der Waals surface area (Å²) in [7, 11) is 0. The van der Waals surface area contributed by atoms with Gasteiger partial charge < -0.3 is 9.14 Å². The number of fused-ring (bicyclic) bond motifs is 1. The fourth-order valence-electron chi connectivity index (χ4n) is 3.66. The summed E-state index contributed by atoms with van der Waals surface area (Å²) < 4.78 is 8.19. The molecular weight excluding hydrogens is 364 g/mol. The van der Waals surface area contributed by atoms with Crippen molar-refractivity contribution in [3.8, 4) is 5.75 Å². The molecule has 5 nitrogen and oxygen atoms in total. The molecule has 0 bridgehead atoms. The monoisotopic (exact) mass is 386 g/mol. The minimum absolute atomic E-state index is 0.154. The second kappa shape index (κ2) is 8.19. The standard InChI is InChI=1S/C24H22N2O3/c1-2-19-15-23-24(29-17-18-9-4-3-5-10-18)13-8-14-25(23)22(19)16-20-11-6-7-12-21(20)26(27)28/h3-15H,2,16-17H2,1H3. The van der Waals surface area contributed by atoms with E-state index in [-0.39, 0.29) is 10.6 Å². The van der Waals surface area contributed by atoms with Crippen molar-refractivity contribution in [3.63, 3.8) is 0 Å².